The molecule has 7 nitrogen and oxygen atoms in total. The lowest BCUT2D eigenvalue weighted by Crippen LogP contribution is -2.41. The van der Waals surface area contributed by atoms with Crippen molar-refractivity contribution in [3.05, 3.63) is 30.1 Å². The number of imidazole rings is 1. The summed E-state index contributed by atoms with van der Waals surface area (Å²) in [4.78, 5) is 20.9. The first-order valence-corrected chi connectivity index (χ1v) is 10.8. The number of rotatable bonds is 8. The summed E-state index contributed by atoms with van der Waals surface area (Å²) in [5, 5.41) is 9.71. The number of aromatic nitrogens is 2. The molecule has 1 aliphatic rings. The van der Waals surface area contributed by atoms with Crippen LogP contribution in [0.4, 0.5) is 0 Å². The van der Waals surface area contributed by atoms with Gasteiger partial charge in [0.15, 0.2) is 5.96 Å². The summed E-state index contributed by atoms with van der Waals surface area (Å²) in [5.74, 6) is 1.91. The average Bonchev–Trinajstić information content (AvgIpc) is 3.05. The van der Waals surface area contributed by atoms with Gasteiger partial charge in [0.25, 0.3) is 0 Å². The fourth-order valence-electron chi connectivity index (χ4n) is 3.98. The van der Waals surface area contributed by atoms with Crippen LogP contribution < -0.4 is 16.0 Å². The Balaban J connectivity index is 1.34. The number of guanidine groups is 1. The highest BCUT2D eigenvalue weighted by Crippen LogP contribution is 2.17. The van der Waals surface area contributed by atoms with E-state index in [0.717, 1.165) is 49.7 Å². The van der Waals surface area contributed by atoms with Gasteiger partial charge >= 0.3 is 0 Å². The summed E-state index contributed by atoms with van der Waals surface area (Å²) in [5.41, 5.74) is 2.22. The molecule has 1 fully saturated rings. The Morgan fingerprint density at radius 3 is 2.72 bits per heavy atom. The molecule has 1 aromatic heterocycles. The summed E-state index contributed by atoms with van der Waals surface area (Å²) in [6.45, 7) is 4.34. The SMILES string of the molecule is CN=C(NCCCn1c(C)nc2ccccc21)NCCC(=O)NC1CCCCC1. The molecule has 1 aromatic carbocycles. The standard InChI is InChI=1S/C22H34N6O/c1-17-26-19-11-6-7-12-20(19)28(17)16-8-14-24-22(23-2)25-15-13-21(29)27-18-9-4-3-5-10-18/h6-7,11-12,18H,3-5,8-10,13-16H2,1-2H3,(H,27,29)(H2,23,24,25). The van der Waals surface area contributed by atoms with E-state index in [4.69, 9.17) is 0 Å². The van der Waals surface area contributed by atoms with Crippen LogP contribution in [0.5, 0.6) is 0 Å². The second-order valence-electron chi connectivity index (χ2n) is 7.73. The van der Waals surface area contributed by atoms with E-state index < -0.39 is 0 Å². The molecule has 0 radical (unpaired) electrons. The summed E-state index contributed by atoms with van der Waals surface area (Å²) in [6, 6.07) is 8.60. The third-order valence-electron chi connectivity index (χ3n) is 5.53. The molecule has 2 aromatic rings. The predicted octanol–water partition coefficient (Wildman–Crippen LogP) is 2.74. The van der Waals surface area contributed by atoms with Crippen molar-refractivity contribution in [2.75, 3.05) is 20.1 Å². The molecule has 1 heterocycles. The van der Waals surface area contributed by atoms with Gasteiger partial charge in [0.1, 0.15) is 5.82 Å². The first-order chi connectivity index (χ1) is 14.2. The lowest BCUT2D eigenvalue weighted by atomic mass is 9.95. The molecule has 1 aliphatic carbocycles. The molecule has 3 rings (SSSR count). The normalized spacial score (nSPS) is 15.4. The molecule has 0 unspecified atom stereocenters. The zero-order valence-corrected chi connectivity index (χ0v) is 17.7. The van der Waals surface area contributed by atoms with E-state index >= 15 is 0 Å². The van der Waals surface area contributed by atoms with Crippen molar-refractivity contribution in [2.24, 2.45) is 4.99 Å². The maximum absolute atomic E-state index is 12.1. The molecule has 1 amide bonds. The minimum atomic E-state index is 0.127. The van der Waals surface area contributed by atoms with Crippen LogP contribution in [0, 0.1) is 6.92 Å². The number of nitrogens with zero attached hydrogens (tertiary/aromatic N) is 3. The Bertz CT molecular complexity index is 822. The number of nitrogens with one attached hydrogen (secondary N) is 3. The predicted molar refractivity (Wildman–Crippen MR) is 118 cm³/mol. The molecule has 1 saturated carbocycles. The number of para-hydroxylation sites is 2. The molecular formula is C22H34N6O. The third-order valence-corrected chi connectivity index (χ3v) is 5.53. The van der Waals surface area contributed by atoms with Crippen LogP contribution in [0.1, 0.15) is 50.8 Å². The van der Waals surface area contributed by atoms with Gasteiger partial charge in [0.05, 0.1) is 11.0 Å². The van der Waals surface area contributed by atoms with Crippen LogP contribution in [0.2, 0.25) is 0 Å². The summed E-state index contributed by atoms with van der Waals surface area (Å²) < 4.78 is 2.25. The monoisotopic (exact) mass is 398 g/mol. The summed E-state index contributed by atoms with van der Waals surface area (Å²) >= 11 is 0. The number of carbonyl (C=O) groups is 1. The Labute approximate surface area is 173 Å². The molecular weight excluding hydrogens is 364 g/mol. The molecule has 0 bridgehead atoms. The lowest BCUT2D eigenvalue weighted by Gasteiger charge is -2.22. The largest absolute Gasteiger partial charge is 0.356 e. The number of hydrogen-bond acceptors (Lipinski definition) is 3. The molecule has 29 heavy (non-hydrogen) atoms. The van der Waals surface area contributed by atoms with Crippen LogP contribution >= 0.6 is 0 Å². The highest BCUT2D eigenvalue weighted by molar-refractivity contribution is 5.81. The van der Waals surface area contributed by atoms with Crippen LogP contribution in [-0.2, 0) is 11.3 Å². The average molecular weight is 399 g/mol. The van der Waals surface area contributed by atoms with E-state index in [1.54, 1.807) is 7.05 Å². The fourth-order valence-corrected chi connectivity index (χ4v) is 3.98. The van der Waals surface area contributed by atoms with Crippen molar-refractivity contribution in [3.63, 3.8) is 0 Å². The van der Waals surface area contributed by atoms with Gasteiger partial charge < -0.3 is 20.5 Å². The number of aliphatic imine (C=N–C) groups is 1. The molecule has 0 saturated heterocycles. The lowest BCUT2D eigenvalue weighted by molar-refractivity contribution is -0.121. The van der Waals surface area contributed by atoms with Gasteiger partial charge in [-0.3, -0.25) is 9.79 Å². The van der Waals surface area contributed by atoms with Crippen LogP contribution in [0.15, 0.2) is 29.3 Å². The number of benzene rings is 1. The van der Waals surface area contributed by atoms with E-state index in [-0.39, 0.29) is 5.91 Å². The number of carbonyl (C=O) groups excluding carboxylic acids is 1. The smallest absolute Gasteiger partial charge is 0.221 e. The Morgan fingerprint density at radius 2 is 1.93 bits per heavy atom. The first-order valence-electron chi connectivity index (χ1n) is 10.8. The maximum Gasteiger partial charge on any atom is 0.221 e. The molecule has 0 atom stereocenters. The van der Waals surface area contributed by atoms with E-state index in [2.05, 4.69) is 36.6 Å². The van der Waals surface area contributed by atoms with Gasteiger partial charge in [-0.2, -0.15) is 0 Å². The minimum absolute atomic E-state index is 0.127. The zero-order chi connectivity index (χ0) is 20.5. The van der Waals surface area contributed by atoms with Crippen LogP contribution in [-0.4, -0.2) is 47.6 Å². The fraction of sp³-hybridized carbons (Fsp3) is 0.591. The third kappa shape index (κ3) is 6.21. The molecule has 0 spiro atoms. The van der Waals surface area contributed by atoms with E-state index in [1.807, 2.05) is 25.1 Å². The van der Waals surface area contributed by atoms with Crippen molar-refractivity contribution in [1.82, 2.24) is 25.5 Å². The quantitative estimate of drug-likeness (QED) is 0.363. The van der Waals surface area contributed by atoms with Gasteiger partial charge in [-0.05, 0) is 38.3 Å². The number of hydrogen-bond donors (Lipinski definition) is 3. The van der Waals surface area contributed by atoms with Gasteiger partial charge in [-0.1, -0.05) is 31.4 Å². The van der Waals surface area contributed by atoms with Crippen molar-refractivity contribution < 1.29 is 4.79 Å². The minimum Gasteiger partial charge on any atom is -0.356 e. The summed E-state index contributed by atoms with van der Waals surface area (Å²) in [6.07, 6.45) is 7.43. The topological polar surface area (TPSA) is 83.3 Å². The van der Waals surface area contributed by atoms with Crippen molar-refractivity contribution in [2.45, 2.75) is 64.5 Å². The molecule has 158 valence electrons. The molecule has 0 aliphatic heterocycles. The molecule has 7 heteroatoms. The number of amides is 1. The highest BCUT2D eigenvalue weighted by Gasteiger charge is 2.15. The van der Waals surface area contributed by atoms with Gasteiger partial charge in [-0.15, -0.1) is 0 Å². The van der Waals surface area contributed by atoms with E-state index in [9.17, 15) is 4.79 Å². The Hall–Kier alpha value is -2.57. The number of aryl methyl sites for hydroxylation is 2. The van der Waals surface area contributed by atoms with Gasteiger partial charge in [0.2, 0.25) is 5.91 Å². The van der Waals surface area contributed by atoms with Gasteiger partial charge in [-0.25, -0.2) is 4.98 Å². The van der Waals surface area contributed by atoms with E-state index in [1.165, 1.54) is 24.8 Å². The van der Waals surface area contributed by atoms with E-state index in [0.29, 0.717) is 19.0 Å². The van der Waals surface area contributed by atoms with Crippen LogP contribution in [0.25, 0.3) is 11.0 Å². The van der Waals surface area contributed by atoms with Gasteiger partial charge in [0, 0.05) is 39.1 Å². The second-order valence-corrected chi connectivity index (χ2v) is 7.73. The highest BCUT2D eigenvalue weighted by atomic mass is 16.1. The maximum atomic E-state index is 12.1. The summed E-state index contributed by atoms with van der Waals surface area (Å²) in [7, 11) is 1.75. The zero-order valence-electron chi connectivity index (χ0n) is 17.7. The first kappa shape index (κ1) is 21.1. The second kappa shape index (κ2) is 10.8. The van der Waals surface area contributed by atoms with Crippen molar-refractivity contribution in [1.29, 1.82) is 0 Å². The van der Waals surface area contributed by atoms with Crippen molar-refractivity contribution >= 4 is 22.9 Å². The Morgan fingerprint density at radius 1 is 1.17 bits per heavy atom. The van der Waals surface area contributed by atoms with Crippen LogP contribution in [0.3, 0.4) is 0 Å². The molecule has 3 N–H and O–H groups in total. The van der Waals surface area contributed by atoms with Crippen molar-refractivity contribution in [3.8, 4) is 0 Å². The Kier molecular flexibility index (Phi) is 7.90. The number of fused-ring (bicyclic) bond motifs is 1.